The van der Waals surface area contributed by atoms with Crippen LogP contribution in [-0.4, -0.2) is 31.4 Å². The minimum Gasteiger partial charge on any atom is -0.461 e. The number of carbonyl (C=O) groups excluding carboxylic acids is 1. The van der Waals surface area contributed by atoms with Crippen LogP contribution in [0, 0.1) is 12.8 Å². The predicted molar refractivity (Wildman–Crippen MR) is 105 cm³/mol. The van der Waals surface area contributed by atoms with Crippen LogP contribution < -0.4 is 5.32 Å². The molecule has 0 radical (unpaired) electrons. The van der Waals surface area contributed by atoms with Gasteiger partial charge in [0, 0.05) is 18.5 Å². The molecule has 0 spiro atoms. The Balaban J connectivity index is 1.54. The number of nitrogens with zero attached hydrogens (tertiary/aromatic N) is 1. The van der Waals surface area contributed by atoms with Crippen molar-refractivity contribution >= 4 is 12.0 Å². The lowest BCUT2D eigenvalue weighted by molar-refractivity contribution is -0.116. The number of hydrogen-bond donors (Lipinski definition) is 1. The van der Waals surface area contributed by atoms with Crippen LogP contribution in [0.15, 0.2) is 46.9 Å². The SMILES string of the molecule is Cc1ccc(C(CNC(=O)/C=C/c2ccc(C3CC3C)o2)N(C)C)cc1. The van der Waals surface area contributed by atoms with Gasteiger partial charge < -0.3 is 14.6 Å². The Kier molecular flexibility index (Phi) is 5.62. The third-order valence-corrected chi connectivity index (χ3v) is 5.08. The lowest BCUT2D eigenvalue weighted by Gasteiger charge is -2.25. The molecule has 1 aliphatic rings. The molecule has 3 rings (SSSR count). The largest absolute Gasteiger partial charge is 0.461 e. The number of furan rings is 1. The van der Waals surface area contributed by atoms with Crippen molar-refractivity contribution in [3.8, 4) is 0 Å². The maximum absolute atomic E-state index is 12.2. The maximum atomic E-state index is 12.2. The van der Waals surface area contributed by atoms with Gasteiger partial charge in [-0.25, -0.2) is 0 Å². The molecule has 0 aliphatic heterocycles. The van der Waals surface area contributed by atoms with Gasteiger partial charge >= 0.3 is 0 Å². The van der Waals surface area contributed by atoms with Crippen molar-refractivity contribution in [3.05, 3.63) is 65.1 Å². The van der Waals surface area contributed by atoms with E-state index < -0.39 is 0 Å². The minimum absolute atomic E-state index is 0.110. The molecule has 1 heterocycles. The average Bonchev–Trinajstić information content (AvgIpc) is 3.15. The molecule has 1 fully saturated rings. The highest BCUT2D eigenvalue weighted by molar-refractivity contribution is 5.91. The smallest absolute Gasteiger partial charge is 0.244 e. The van der Waals surface area contributed by atoms with Crippen LogP contribution in [0.3, 0.4) is 0 Å². The summed E-state index contributed by atoms with van der Waals surface area (Å²) in [5, 5.41) is 2.99. The fraction of sp³-hybridized carbons (Fsp3) is 0.409. The lowest BCUT2D eigenvalue weighted by atomic mass is 10.0. The van der Waals surface area contributed by atoms with Gasteiger partial charge in [-0.3, -0.25) is 4.79 Å². The Hall–Kier alpha value is -2.33. The molecular weight excluding hydrogens is 324 g/mol. The average molecular weight is 352 g/mol. The van der Waals surface area contributed by atoms with Gasteiger partial charge in [-0.1, -0.05) is 36.8 Å². The number of likely N-dealkylation sites (N-methyl/N-ethyl adjacent to an activating group) is 1. The highest BCUT2D eigenvalue weighted by atomic mass is 16.3. The van der Waals surface area contributed by atoms with E-state index >= 15 is 0 Å². The molecular formula is C22H28N2O2. The van der Waals surface area contributed by atoms with E-state index in [2.05, 4.69) is 48.3 Å². The molecule has 0 saturated heterocycles. The molecule has 3 unspecified atom stereocenters. The molecule has 1 aliphatic carbocycles. The van der Waals surface area contributed by atoms with Crippen molar-refractivity contribution in [2.75, 3.05) is 20.6 Å². The molecule has 26 heavy (non-hydrogen) atoms. The quantitative estimate of drug-likeness (QED) is 0.762. The third-order valence-electron chi connectivity index (χ3n) is 5.08. The minimum atomic E-state index is -0.110. The molecule has 1 amide bonds. The standard InChI is InChI=1S/C22H28N2O2/c1-15-5-7-17(8-6-15)20(24(3)4)14-23-22(25)12-10-18-9-11-21(26-18)19-13-16(19)2/h5-12,16,19-20H,13-14H2,1-4H3,(H,23,25)/b12-10+. The van der Waals surface area contributed by atoms with Crippen LogP contribution >= 0.6 is 0 Å². The first kappa shape index (κ1) is 18.5. The van der Waals surface area contributed by atoms with Gasteiger partial charge in [0.1, 0.15) is 11.5 Å². The lowest BCUT2D eigenvalue weighted by Crippen LogP contribution is -2.33. The number of nitrogens with one attached hydrogen (secondary N) is 1. The molecule has 0 bridgehead atoms. The number of hydrogen-bond acceptors (Lipinski definition) is 3. The topological polar surface area (TPSA) is 45.5 Å². The molecule has 3 atom stereocenters. The van der Waals surface area contributed by atoms with Crippen LogP contribution in [0.25, 0.3) is 6.08 Å². The third kappa shape index (κ3) is 4.64. The van der Waals surface area contributed by atoms with Crippen molar-refractivity contribution in [3.63, 3.8) is 0 Å². The van der Waals surface area contributed by atoms with Gasteiger partial charge in [-0.15, -0.1) is 0 Å². The van der Waals surface area contributed by atoms with E-state index in [0.29, 0.717) is 18.4 Å². The van der Waals surface area contributed by atoms with E-state index in [1.807, 2.05) is 26.2 Å². The molecule has 4 nitrogen and oxygen atoms in total. The summed E-state index contributed by atoms with van der Waals surface area (Å²) in [6.45, 7) is 4.86. The Morgan fingerprint density at radius 1 is 1.27 bits per heavy atom. The van der Waals surface area contributed by atoms with Crippen LogP contribution in [0.1, 0.15) is 48.0 Å². The van der Waals surface area contributed by atoms with E-state index in [1.54, 1.807) is 12.2 Å². The first-order valence-corrected chi connectivity index (χ1v) is 9.22. The fourth-order valence-corrected chi connectivity index (χ4v) is 3.18. The van der Waals surface area contributed by atoms with Gasteiger partial charge in [-0.05, 0) is 57.1 Å². The van der Waals surface area contributed by atoms with Crippen molar-refractivity contribution in [1.29, 1.82) is 0 Å². The Morgan fingerprint density at radius 3 is 2.58 bits per heavy atom. The zero-order chi connectivity index (χ0) is 18.7. The first-order chi connectivity index (χ1) is 12.4. The summed E-state index contributed by atoms with van der Waals surface area (Å²) in [6.07, 6.45) is 4.48. The maximum Gasteiger partial charge on any atom is 0.244 e. The normalized spacial score (nSPS) is 20.5. The summed E-state index contributed by atoms with van der Waals surface area (Å²) < 4.78 is 5.80. The summed E-state index contributed by atoms with van der Waals surface area (Å²) in [4.78, 5) is 14.3. The highest BCUT2D eigenvalue weighted by Gasteiger charge is 2.36. The fourth-order valence-electron chi connectivity index (χ4n) is 3.18. The van der Waals surface area contributed by atoms with Crippen molar-refractivity contribution in [2.24, 2.45) is 5.92 Å². The van der Waals surface area contributed by atoms with Crippen molar-refractivity contribution in [2.45, 2.75) is 32.2 Å². The summed E-state index contributed by atoms with van der Waals surface area (Å²) in [5.41, 5.74) is 2.43. The zero-order valence-corrected chi connectivity index (χ0v) is 16.0. The van der Waals surface area contributed by atoms with Crippen LogP contribution in [0.4, 0.5) is 0 Å². The van der Waals surface area contributed by atoms with E-state index in [9.17, 15) is 4.79 Å². The Labute approximate surface area is 155 Å². The summed E-state index contributed by atoms with van der Waals surface area (Å²) in [7, 11) is 4.05. The number of rotatable bonds is 7. The van der Waals surface area contributed by atoms with Gasteiger partial charge in [0.2, 0.25) is 5.91 Å². The van der Waals surface area contributed by atoms with Crippen LogP contribution in [-0.2, 0) is 4.79 Å². The van der Waals surface area contributed by atoms with Gasteiger partial charge in [0.25, 0.3) is 0 Å². The second-order valence-electron chi connectivity index (χ2n) is 7.53. The van der Waals surface area contributed by atoms with E-state index in [-0.39, 0.29) is 11.9 Å². The molecule has 138 valence electrons. The van der Waals surface area contributed by atoms with Gasteiger partial charge in [0.15, 0.2) is 0 Å². The van der Waals surface area contributed by atoms with Crippen LogP contribution in [0.5, 0.6) is 0 Å². The van der Waals surface area contributed by atoms with E-state index in [0.717, 1.165) is 11.5 Å². The molecule has 1 aromatic heterocycles. The Morgan fingerprint density at radius 2 is 1.96 bits per heavy atom. The molecule has 1 N–H and O–H groups in total. The van der Waals surface area contributed by atoms with Crippen LogP contribution in [0.2, 0.25) is 0 Å². The summed E-state index contributed by atoms with van der Waals surface area (Å²) in [6, 6.07) is 12.5. The van der Waals surface area contributed by atoms with Crippen molar-refractivity contribution in [1.82, 2.24) is 10.2 Å². The first-order valence-electron chi connectivity index (χ1n) is 9.22. The highest BCUT2D eigenvalue weighted by Crippen LogP contribution is 2.47. The summed E-state index contributed by atoms with van der Waals surface area (Å²) in [5.74, 6) is 2.93. The van der Waals surface area contributed by atoms with Gasteiger partial charge in [-0.2, -0.15) is 0 Å². The number of aryl methyl sites for hydroxylation is 1. The second-order valence-corrected chi connectivity index (χ2v) is 7.53. The summed E-state index contributed by atoms with van der Waals surface area (Å²) >= 11 is 0. The number of benzene rings is 1. The Bertz CT molecular complexity index is 774. The molecule has 4 heteroatoms. The van der Waals surface area contributed by atoms with E-state index in [4.69, 9.17) is 4.42 Å². The number of carbonyl (C=O) groups is 1. The predicted octanol–water partition coefficient (Wildman–Crippen LogP) is 4.14. The van der Waals surface area contributed by atoms with Gasteiger partial charge in [0.05, 0.1) is 6.04 Å². The molecule has 1 saturated carbocycles. The van der Waals surface area contributed by atoms with Crippen molar-refractivity contribution < 1.29 is 9.21 Å². The zero-order valence-electron chi connectivity index (χ0n) is 16.0. The van der Waals surface area contributed by atoms with E-state index in [1.165, 1.54) is 17.5 Å². The number of amides is 1. The second kappa shape index (κ2) is 7.92. The monoisotopic (exact) mass is 352 g/mol. The molecule has 2 aromatic rings. The molecule has 1 aromatic carbocycles.